The number of hydrogen-bond acceptors (Lipinski definition) is 2. The van der Waals surface area contributed by atoms with Gasteiger partial charge in [0.15, 0.2) is 17.5 Å². The molecule has 0 fully saturated rings. The van der Waals surface area contributed by atoms with Crippen molar-refractivity contribution in [2.75, 3.05) is 0 Å². The third-order valence-corrected chi connectivity index (χ3v) is 5.56. The van der Waals surface area contributed by atoms with Gasteiger partial charge in [0.25, 0.3) is 0 Å². The van der Waals surface area contributed by atoms with Crippen LogP contribution >= 0.6 is 0 Å². The molecule has 4 aromatic rings. The molecule has 172 valence electrons. The Hall–Kier alpha value is -3.72. The summed E-state index contributed by atoms with van der Waals surface area (Å²) in [5.41, 5.74) is 2.56. The van der Waals surface area contributed by atoms with Gasteiger partial charge in [0.05, 0.1) is 5.56 Å². The maximum Gasteiger partial charge on any atom is 0.195 e. The molecular formula is C28H22F4N2. The minimum absolute atomic E-state index is 0.0421. The van der Waals surface area contributed by atoms with Crippen molar-refractivity contribution in [1.29, 1.82) is 0 Å². The zero-order valence-corrected chi connectivity index (χ0v) is 18.6. The molecule has 0 spiro atoms. The maximum absolute atomic E-state index is 14.6. The van der Waals surface area contributed by atoms with Crippen LogP contribution in [0.5, 0.6) is 0 Å². The standard InChI is InChI=1S/C28H22F4N2/c1-2-3-4-20-16-33-26(34-17-20)12-8-19-6-10-21(24(29)14-19)9-5-18-7-11-23-22(13-18)15-25(30)28(32)27(23)31/h6-7,10-11,13-17H,2-4,8,12H2,1H3. The lowest BCUT2D eigenvalue weighted by atomic mass is 10.0. The van der Waals surface area contributed by atoms with Crippen molar-refractivity contribution in [3.05, 3.63) is 106 Å². The molecule has 0 saturated carbocycles. The molecule has 0 N–H and O–H groups in total. The molecule has 0 aliphatic heterocycles. The number of nitrogens with zero attached hydrogens (tertiary/aromatic N) is 2. The third kappa shape index (κ3) is 5.43. The molecule has 6 heteroatoms. The fraction of sp³-hybridized carbons (Fsp3) is 0.214. The van der Waals surface area contributed by atoms with Gasteiger partial charge in [0.2, 0.25) is 0 Å². The van der Waals surface area contributed by atoms with Gasteiger partial charge in [-0.25, -0.2) is 27.5 Å². The number of halogens is 4. The highest BCUT2D eigenvalue weighted by molar-refractivity contribution is 5.84. The molecule has 0 amide bonds. The van der Waals surface area contributed by atoms with Crippen LogP contribution < -0.4 is 0 Å². The minimum atomic E-state index is -1.51. The highest BCUT2D eigenvalue weighted by atomic mass is 19.2. The number of aromatic nitrogens is 2. The van der Waals surface area contributed by atoms with E-state index >= 15 is 0 Å². The second-order valence-electron chi connectivity index (χ2n) is 8.10. The lowest BCUT2D eigenvalue weighted by Crippen LogP contribution is -2.00. The second kappa shape index (κ2) is 10.5. The molecule has 3 aromatic carbocycles. The van der Waals surface area contributed by atoms with Crippen molar-refractivity contribution >= 4 is 10.8 Å². The Balaban J connectivity index is 1.44. The quantitative estimate of drug-likeness (QED) is 0.181. The summed E-state index contributed by atoms with van der Waals surface area (Å²) in [5, 5.41) is 0.138. The van der Waals surface area contributed by atoms with E-state index in [1.165, 1.54) is 24.3 Å². The number of rotatable bonds is 6. The van der Waals surface area contributed by atoms with Gasteiger partial charge >= 0.3 is 0 Å². The van der Waals surface area contributed by atoms with E-state index in [-0.39, 0.29) is 16.3 Å². The Bertz CT molecular complexity index is 1390. The number of benzene rings is 3. The van der Waals surface area contributed by atoms with E-state index in [1.54, 1.807) is 12.1 Å². The van der Waals surface area contributed by atoms with Gasteiger partial charge in [-0.15, -0.1) is 0 Å². The fourth-order valence-electron chi connectivity index (χ4n) is 3.61. The van der Waals surface area contributed by atoms with Crippen LogP contribution in [-0.2, 0) is 19.3 Å². The van der Waals surface area contributed by atoms with Gasteiger partial charge in [-0.05, 0) is 66.1 Å². The Labute approximate surface area is 195 Å². The topological polar surface area (TPSA) is 25.8 Å². The van der Waals surface area contributed by atoms with Crippen LogP contribution in [0.1, 0.15) is 47.8 Å². The van der Waals surface area contributed by atoms with Gasteiger partial charge < -0.3 is 0 Å². The number of fused-ring (bicyclic) bond motifs is 1. The summed E-state index contributed by atoms with van der Waals surface area (Å²) in [4.78, 5) is 8.78. The van der Waals surface area contributed by atoms with Crippen LogP contribution in [0, 0.1) is 35.1 Å². The summed E-state index contributed by atoms with van der Waals surface area (Å²) < 4.78 is 55.3. The third-order valence-electron chi connectivity index (χ3n) is 5.56. The van der Waals surface area contributed by atoms with Crippen molar-refractivity contribution in [2.24, 2.45) is 0 Å². The summed E-state index contributed by atoms with van der Waals surface area (Å²) in [6.45, 7) is 2.14. The van der Waals surface area contributed by atoms with E-state index in [9.17, 15) is 17.6 Å². The van der Waals surface area contributed by atoms with E-state index in [1.807, 2.05) is 12.4 Å². The predicted molar refractivity (Wildman–Crippen MR) is 124 cm³/mol. The lowest BCUT2D eigenvalue weighted by Gasteiger charge is -2.04. The highest BCUT2D eigenvalue weighted by Crippen LogP contribution is 2.24. The van der Waals surface area contributed by atoms with E-state index in [4.69, 9.17) is 0 Å². The molecule has 0 saturated heterocycles. The largest absolute Gasteiger partial charge is 0.241 e. The highest BCUT2D eigenvalue weighted by Gasteiger charge is 2.13. The van der Waals surface area contributed by atoms with Crippen molar-refractivity contribution in [3.8, 4) is 11.8 Å². The molecule has 0 radical (unpaired) electrons. The molecule has 0 aliphatic carbocycles. The van der Waals surface area contributed by atoms with Crippen molar-refractivity contribution in [3.63, 3.8) is 0 Å². The van der Waals surface area contributed by atoms with Crippen molar-refractivity contribution < 1.29 is 17.6 Å². The fourth-order valence-corrected chi connectivity index (χ4v) is 3.61. The first-order valence-corrected chi connectivity index (χ1v) is 11.1. The van der Waals surface area contributed by atoms with E-state index < -0.39 is 23.3 Å². The molecule has 34 heavy (non-hydrogen) atoms. The Morgan fingerprint density at radius 2 is 1.53 bits per heavy atom. The van der Waals surface area contributed by atoms with Gasteiger partial charge in [0, 0.05) is 29.8 Å². The zero-order valence-electron chi connectivity index (χ0n) is 18.6. The summed E-state index contributed by atoms with van der Waals surface area (Å²) in [5.74, 6) is 1.78. The Kier molecular flexibility index (Phi) is 7.22. The molecule has 1 aromatic heterocycles. The van der Waals surface area contributed by atoms with Crippen LogP contribution in [0.15, 0.2) is 54.9 Å². The number of hydrogen-bond donors (Lipinski definition) is 0. The van der Waals surface area contributed by atoms with Crippen LogP contribution in [0.2, 0.25) is 0 Å². The predicted octanol–water partition coefficient (Wildman–Crippen LogP) is 6.71. The monoisotopic (exact) mass is 462 g/mol. The van der Waals surface area contributed by atoms with Crippen LogP contribution in [-0.4, -0.2) is 9.97 Å². The van der Waals surface area contributed by atoms with Gasteiger partial charge in [-0.2, -0.15) is 0 Å². The SMILES string of the molecule is CCCCc1cnc(CCc2ccc(C#Cc3ccc4c(F)c(F)c(F)cc4c3)c(F)c2)nc1. The molecule has 1 heterocycles. The smallest absolute Gasteiger partial charge is 0.195 e. The molecule has 2 nitrogen and oxygen atoms in total. The molecular weight excluding hydrogens is 440 g/mol. The van der Waals surface area contributed by atoms with E-state index in [0.29, 0.717) is 24.2 Å². The maximum atomic E-state index is 14.6. The molecule has 0 aliphatic rings. The normalized spacial score (nSPS) is 10.9. The van der Waals surface area contributed by atoms with Gasteiger partial charge in [0.1, 0.15) is 11.6 Å². The summed E-state index contributed by atoms with van der Waals surface area (Å²) in [6.07, 6.45) is 8.09. The molecule has 0 bridgehead atoms. The second-order valence-corrected chi connectivity index (χ2v) is 8.10. The van der Waals surface area contributed by atoms with Crippen LogP contribution in [0.3, 0.4) is 0 Å². The Morgan fingerprint density at radius 3 is 2.26 bits per heavy atom. The number of unbranched alkanes of at least 4 members (excludes halogenated alkanes) is 1. The lowest BCUT2D eigenvalue weighted by molar-refractivity contribution is 0.453. The average molecular weight is 462 g/mol. The van der Waals surface area contributed by atoms with Crippen LogP contribution in [0.25, 0.3) is 10.8 Å². The summed E-state index contributed by atoms with van der Waals surface area (Å²) in [6, 6.07) is 10.0. The first-order chi connectivity index (χ1) is 16.4. The Morgan fingerprint density at radius 1 is 0.735 bits per heavy atom. The summed E-state index contributed by atoms with van der Waals surface area (Å²) in [7, 11) is 0. The van der Waals surface area contributed by atoms with Crippen molar-refractivity contribution in [1.82, 2.24) is 9.97 Å². The molecule has 4 rings (SSSR count). The zero-order chi connectivity index (χ0) is 24.1. The van der Waals surface area contributed by atoms with Crippen molar-refractivity contribution in [2.45, 2.75) is 39.0 Å². The number of aryl methyl sites for hydroxylation is 3. The molecule has 0 unspecified atom stereocenters. The summed E-state index contributed by atoms with van der Waals surface area (Å²) >= 11 is 0. The minimum Gasteiger partial charge on any atom is -0.241 e. The van der Waals surface area contributed by atoms with Gasteiger partial charge in [-0.1, -0.05) is 37.3 Å². The van der Waals surface area contributed by atoms with E-state index in [0.717, 1.165) is 36.5 Å². The van der Waals surface area contributed by atoms with Crippen LogP contribution in [0.4, 0.5) is 17.6 Å². The molecule has 0 atom stereocenters. The van der Waals surface area contributed by atoms with Gasteiger partial charge in [-0.3, -0.25) is 0 Å². The first-order valence-electron chi connectivity index (χ1n) is 11.1. The first kappa shape index (κ1) is 23.4. The van der Waals surface area contributed by atoms with E-state index in [2.05, 4.69) is 28.7 Å². The average Bonchev–Trinajstić information content (AvgIpc) is 2.84.